The van der Waals surface area contributed by atoms with Crippen LogP contribution in [0.15, 0.2) is 42.5 Å². The molecular formula is C14H11ClO2. The number of halogens is 1. The summed E-state index contributed by atoms with van der Waals surface area (Å²) in [7, 11) is 1.61. The van der Waals surface area contributed by atoms with Crippen molar-refractivity contribution in [1.82, 2.24) is 0 Å². The number of para-hydroxylation sites is 1. The second-order valence-corrected chi connectivity index (χ2v) is 3.99. The fourth-order valence-corrected chi connectivity index (χ4v) is 1.92. The second-order valence-electron chi connectivity index (χ2n) is 3.55. The Labute approximate surface area is 105 Å². The Bertz CT molecular complexity index is 550. The molecule has 0 amide bonds. The van der Waals surface area contributed by atoms with Gasteiger partial charge in [-0.25, -0.2) is 0 Å². The van der Waals surface area contributed by atoms with Gasteiger partial charge in [0.2, 0.25) is 0 Å². The number of aldehydes is 1. The van der Waals surface area contributed by atoms with Crippen molar-refractivity contribution in [2.45, 2.75) is 0 Å². The minimum absolute atomic E-state index is 0.547. The fraction of sp³-hybridized carbons (Fsp3) is 0.0714. The minimum atomic E-state index is 0.547. The van der Waals surface area contributed by atoms with Crippen molar-refractivity contribution in [2.24, 2.45) is 0 Å². The molecule has 0 saturated heterocycles. The molecule has 0 saturated carbocycles. The Morgan fingerprint density at radius 2 is 1.88 bits per heavy atom. The average molecular weight is 247 g/mol. The second kappa shape index (κ2) is 5.02. The van der Waals surface area contributed by atoms with Gasteiger partial charge in [0, 0.05) is 16.1 Å². The van der Waals surface area contributed by atoms with Crippen LogP contribution in [0, 0.1) is 0 Å². The molecule has 0 radical (unpaired) electrons. The van der Waals surface area contributed by atoms with Crippen LogP contribution in [0.4, 0.5) is 0 Å². The maximum Gasteiger partial charge on any atom is 0.150 e. The van der Waals surface area contributed by atoms with E-state index in [2.05, 4.69) is 0 Å². The molecule has 0 atom stereocenters. The van der Waals surface area contributed by atoms with Crippen molar-refractivity contribution in [3.8, 4) is 16.9 Å². The van der Waals surface area contributed by atoms with E-state index in [1.165, 1.54) is 0 Å². The van der Waals surface area contributed by atoms with E-state index in [-0.39, 0.29) is 0 Å². The Morgan fingerprint density at radius 3 is 2.59 bits per heavy atom. The Hall–Kier alpha value is -1.80. The number of carbonyl (C=O) groups excluding carboxylic acids is 1. The van der Waals surface area contributed by atoms with E-state index < -0.39 is 0 Å². The molecule has 0 aliphatic rings. The maximum absolute atomic E-state index is 11.1. The van der Waals surface area contributed by atoms with Crippen molar-refractivity contribution in [3.05, 3.63) is 53.1 Å². The summed E-state index contributed by atoms with van der Waals surface area (Å²) in [5.74, 6) is 0.734. The summed E-state index contributed by atoms with van der Waals surface area (Å²) in [4.78, 5) is 11.1. The molecule has 0 spiro atoms. The van der Waals surface area contributed by atoms with Crippen LogP contribution in [0.5, 0.6) is 5.75 Å². The molecular weight excluding hydrogens is 236 g/mol. The quantitative estimate of drug-likeness (QED) is 0.770. The van der Waals surface area contributed by atoms with Crippen LogP contribution in [0.3, 0.4) is 0 Å². The van der Waals surface area contributed by atoms with Gasteiger partial charge in [-0.3, -0.25) is 4.79 Å². The standard InChI is InChI=1S/C14H11ClO2/c1-17-14-5-3-2-4-13(14)12-7-6-11(15)8-10(12)9-16/h2-9H,1H3. The van der Waals surface area contributed by atoms with Crippen molar-refractivity contribution in [2.75, 3.05) is 7.11 Å². The van der Waals surface area contributed by atoms with Crippen molar-refractivity contribution < 1.29 is 9.53 Å². The molecule has 3 heteroatoms. The van der Waals surface area contributed by atoms with Gasteiger partial charge in [0.05, 0.1) is 7.11 Å². The summed E-state index contributed by atoms with van der Waals surface area (Å²) < 4.78 is 5.28. The molecule has 0 fully saturated rings. The van der Waals surface area contributed by atoms with Crippen LogP contribution in [-0.4, -0.2) is 13.4 Å². The third-order valence-corrected chi connectivity index (χ3v) is 2.77. The zero-order valence-corrected chi connectivity index (χ0v) is 10.1. The number of ether oxygens (including phenoxy) is 1. The monoisotopic (exact) mass is 246 g/mol. The van der Waals surface area contributed by atoms with Crippen LogP contribution in [0.1, 0.15) is 10.4 Å². The van der Waals surface area contributed by atoms with Crippen molar-refractivity contribution in [1.29, 1.82) is 0 Å². The highest BCUT2D eigenvalue weighted by Gasteiger charge is 2.09. The number of methoxy groups -OCH3 is 1. The smallest absolute Gasteiger partial charge is 0.150 e. The molecule has 2 aromatic carbocycles. The summed E-state index contributed by atoms with van der Waals surface area (Å²) in [6.45, 7) is 0. The zero-order valence-electron chi connectivity index (χ0n) is 9.31. The fourth-order valence-electron chi connectivity index (χ4n) is 1.74. The summed E-state index contributed by atoms with van der Waals surface area (Å²) in [5, 5.41) is 0.547. The van der Waals surface area contributed by atoms with Crippen molar-refractivity contribution >= 4 is 17.9 Å². The lowest BCUT2D eigenvalue weighted by molar-refractivity contribution is 0.112. The van der Waals surface area contributed by atoms with Gasteiger partial charge in [0.25, 0.3) is 0 Å². The van der Waals surface area contributed by atoms with Gasteiger partial charge >= 0.3 is 0 Å². The lowest BCUT2D eigenvalue weighted by Crippen LogP contribution is -1.91. The minimum Gasteiger partial charge on any atom is -0.496 e. The van der Waals surface area contributed by atoms with Gasteiger partial charge < -0.3 is 4.74 Å². The molecule has 2 rings (SSSR count). The van der Waals surface area contributed by atoms with E-state index in [1.807, 2.05) is 30.3 Å². The molecule has 0 heterocycles. The number of rotatable bonds is 3. The van der Waals surface area contributed by atoms with Crippen LogP contribution >= 0.6 is 11.6 Å². The Kier molecular flexibility index (Phi) is 3.45. The van der Waals surface area contributed by atoms with Gasteiger partial charge in [0.1, 0.15) is 5.75 Å². The summed E-state index contributed by atoms with van der Waals surface area (Å²) in [6.07, 6.45) is 0.799. The molecule has 0 unspecified atom stereocenters. The third-order valence-electron chi connectivity index (χ3n) is 2.54. The van der Waals surface area contributed by atoms with Gasteiger partial charge in [-0.15, -0.1) is 0 Å². The number of benzene rings is 2. The topological polar surface area (TPSA) is 26.3 Å². The van der Waals surface area contributed by atoms with E-state index in [0.29, 0.717) is 10.6 Å². The largest absolute Gasteiger partial charge is 0.496 e. The van der Waals surface area contributed by atoms with Crippen LogP contribution < -0.4 is 4.74 Å². The molecule has 0 N–H and O–H groups in total. The first kappa shape index (κ1) is 11.7. The lowest BCUT2D eigenvalue weighted by Gasteiger charge is -2.10. The number of hydrogen-bond donors (Lipinski definition) is 0. The van der Waals surface area contributed by atoms with Crippen LogP contribution in [-0.2, 0) is 0 Å². The van der Waals surface area contributed by atoms with Gasteiger partial charge in [0.15, 0.2) is 6.29 Å². The summed E-state index contributed by atoms with van der Waals surface area (Å²) in [5.41, 5.74) is 2.26. The predicted molar refractivity (Wildman–Crippen MR) is 68.8 cm³/mol. The van der Waals surface area contributed by atoms with E-state index in [0.717, 1.165) is 23.2 Å². The molecule has 17 heavy (non-hydrogen) atoms. The Balaban J connectivity index is 2.63. The third kappa shape index (κ3) is 2.32. The number of carbonyl (C=O) groups is 1. The first-order valence-corrected chi connectivity index (χ1v) is 5.52. The first-order chi connectivity index (χ1) is 8.26. The highest BCUT2D eigenvalue weighted by atomic mass is 35.5. The number of hydrogen-bond acceptors (Lipinski definition) is 2. The molecule has 86 valence electrons. The predicted octanol–water partition coefficient (Wildman–Crippen LogP) is 3.83. The van der Waals surface area contributed by atoms with Gasteiger partial charge in [-0.05, 0) is 23.8 Å². The molecule has 2 nitrogen and oxygen atoms in total. The highest BCUT2D eigenvalue weighted by molar-refractivity contribution is 6.31. The van der Waals surface area contributed by atoms with E-state index >= 15 is 0 Å². The van der Waals surface area contributed by atoms with E-state index in [4.69, 9.17) is 16.3 Å². The van der Waals surface area contributed by atoms with E-state index in [1.54, 1.807) is 19.2 Å². The molecule has 2 aromatic rings. The highest BCUT2D eigenvalue weighted by Crippen LogP contribution is 2.32. The van der Waals surface area contributed by atoms with E-state index in [9.17, 15) is 4.79 Å². The molecule has 0 aromatic heterocycles. The average Bonchev–Trinajstić information content (AvgIpc) is 2.38. The molecule has 0 aliphatic heterocycles. The summed E-state index contributed by atoms with van der Waals surface area (Å²) in [6, 6.07) is 12.8. The SMILES string of the molecule is COc1ccccc1-c1ccc(Cl)cc1C=O. The Morgan fingerprint density at radius 1 is 1.12 bits per heavy atom. The summed E-state index contributed by atoms with van der Waals surface area (Å²) >= 11 is 5.87. The zero-order chi connectivity index (χ0) is 12.3. The normalized spacial score (nSPS) is 10.0. The van der Waals surface area contributed by atoms with Crippen LogP contribution in [0.2, 0.25) is 5.02 Å². The molecule has 0 aliphatic carbocycles. The molecule has 0 bridgehead atoms. The van der Waals surface area contributed by atoms with Gasteiger partial charge in [-0.2, -0.15) is 0 Å². The lowest BCUT2D eigenvalue weighted by atomic mass is 9.99. The van der Waals surface area contributed by atoms with Gasteiger partial charge in [-0.1, -0.05) is 35.9 Å². The first-order valence-electron chi connectivity index (χ1n) is 5.14. The van der Waals surface area contributed by atoms with Crippen molar-refractivity contribution in [3.63, 3.8) is 0 Å². The van der Waals surface area contributed by atoms with Crippen LogP contribution in [0.25, 0.3) is 11.1 Å². The maximum atomic E-state index is 11.1.